The Morgan fingerprint density at radius 2 is 2.19 bits per heavy atom. The van der Waals surface area contributed by atoms with Gasteiger partial charge in [0.25, 0.3) is 0 Å². The number of nitrogens with two attached hydrogens (primary N) is 2. The van der Waals surface area contributed by atoms with Crippen LogP contribution in [0.15, 0.2) is 24.3 Å². The summed E-state index contributed by atoms with van der Waals surface area (Å²) in [6.07, 6.45) is -0.720. The van der Waals surface area contributed by atoms with E-state index >= 15 is 0 Å². The lowest BCUT2D eigenvalue weighted by Crippen LogP contribution is -2.54. The maximum atomic E-state index is 11.3. The Morgan fingerprint density at radius 1 is 1.48 bits per heavy atom. The van der Waals surface area contributed by atoms with Crippen LogP contribution in [0, 0.1) is 0 Å². The van der Waals surface area contributed by atoms with Crippen molar-refractivity contribution in [1.82, 2.24) is 4.90 Å². The molecular weight excluding hydrogens is 274 g/mol. The molecule has 1 heterocycles. The summed E-state index contributed by atoms with van der Waals surface area (Å²) in [6, 6.07) is 6.44. The number of carbonyl (C=O) groups is 1. The van der Waals surface area contributed by atoms with Gasteiger partial charge in [0.15, 0.2) is 0 Å². The highest BCUT2D eigenvalue weighted by Gasteiger charge is 2.29. The van der Waals surface area contributed by atoms with Crippen LogP contribution in [0.4, 0.5) is 5.69 Å². The second-order valence-electron chi connectivity index (χ2n) is 5.02. The first-order chi connectivity index (χ1) is 10.1. The number of amides is 1. The number of carbonyl (C=O) groups excluding carboxylic acids is 1. The topological polar surface area (TPSA) is 111 Å². The van der Waals surface area contributed by atoms with E-state index in [2.05, 4.69) is 0 Å². The largest absolute Gasteiger partial charge is 0.491 e. The number of nitrogen functional groups attached to an aromatic ring is 1. The van der Waals surface area contributed by atoms with Gasteiger partial charge in [-0.15, -0.1) is 0 Å². The van der Waals surface area contributed by atoms with Crippen LogP contribution in [0.1, 0.15) is 0 Å². The van der Waals surface area contributed by atoms with E-state index in [0.717, 1.165) is 0 Å². The average Bonchev–Trinajstić information content (AvgIpc) is 2.47. The van der Waals surface area contributed by atoms with Crippen molar-refractivity contribution in [2.45, 2.75) is 12.1 Å². The van der Waals surface area contributed by atoms with Crippen LogP contribution in [-0.2, 0) is 9.53 Å². The van der Waals surface area contributed by atoms with Gasteiger partial charge in [-0.1, -0.05) is 0 Å². The summed E-state index contributed by atoms with van der Waals surface area (Å²) in [6.45, 7) is 1.79. The zero-order valence-electron chi connectivity index (χ0n) is 11.8. The number of rotatable bonds is 6. The lowest BCUT2D eigenvalue weighted by atomic mass is 10.2. The van der Waals surface area contributed by atoms with Gasteiger partial charge in [-0.25, -0.2) is 0 Å². The molecule has 1 aliphatic heterocycles. The number of anilines is 1. The minimum absolute atomic E-state index is 0.132. The van der Waals surface area contributed by atoms with Crippen molar-refractivity contribution in [3.05, 3.63) is 24.3 Å². The van der Waals surface area contributed by atoms with Gasteiger partial charge < -0.3 is 26.0 Å². The maximum Gasteiger partial charge on any atom is 0.237 e. The quantitative estimate of drug-likeness (QED) is 0.592. The zero-order valence-corrected chi connectivity index (χ0v) is 11.8. The Hall–Kier alpha value is -1.83. The highest BCUT2D eigenvalue weighted by atomic mass is 16.5. The van der Waals surface area contributed by atoms with Crippen LogP contribution >= 0.6 is 0 Å². The summed E-state index contributed by atoms with van der Waals surface area (Å²) in [7, 11) is 0. The van der Waals surface area contributed by atoms with Gasteiger partial charge in [0, 0.05) is 18.8 Å². The molecule has 0 saturated carbocycles. The van der Waals surface area contributed by atoms with Gasteiger partial charge in [0.1, 0.15) is 24.5 Å². The minimum Gasteiger partial charge on any atom is -0.491 e. The van der Waals surface area contributed by atoms with Crippen LogP contribution in [0.5, 0.6) is 5.75 Å². The molecule has 116 valence electrons. The molecule has 1 saturated heterocycles. The Balaban J connectivity index is 1.81. The van der Waals surface area contributed by atoms with Crippen LogP contribution in [0.3, 0.4) is 0 Å². The van der Waals surface area contributed by atoms with Crippen LogP contribution in [0.25, 0.3) is 0 Å². The molecule has 2 atom stereocenters. The van der Waals surface area contributed by atoms with Gasteiger partial charge in [-0.05, 0) is 24.3 Å². The summed E-state index contributed by atoms with van der Waals surface area (Å²) in [5.41, 5.74) is 11.6. The fourth-order valence-electron chi connectivity index (χ4n) is 2.20. The number of aliphatic hydroxyl groups excluding tert-OH is 1. The molecule has 0 bridgehead atoms. The van der Waals surface area contributed by atoms with Crippen molar-refractivity contribution in [2.24, 2.45) is 5.73 Å². The molecule has 0 aliphatic carbocycles. The molecular formula is C14H21N3O4. The number of β-amino-alcohol motifs (C(OH)–C–C–N with tert-alkyl or cyclic N) is 1. The third-order valence-corrected chi connectivity index (χ3v) is 3.34. The summed E-state index contributed by atoms with van der Waals surface area (Å²) in [5.74, 6) is 0.193. The summed E-state index contributed by atoms with van der Waals surface area (Å²) in [5, 5.41) is 10.0. The van der Waals surface area contributed by atoms with Gasteiger partial charge in [0.2, 0.25) is 5.91 Å². The number of aliphatic hydroxyl groups is 1. The summed E-state index contributed by atoms with van der Waals surface area (Å²) >= 11 is 0. The molecule has 1 aromatic rings. The molecule has 1 aromatic carbocycles. The molecule has 0 radical (unpaired) electrons. The maximum absolute atomic E-state index is 11.3. The molecule has 0 aromatic heterocycles. The SMILES string of the molecule is NC(=O)C1COCCN1CC(O)COc1ccc(N)cc1. The van der Waals surface area contributed by atoms with Crippen LogP contribution in [-0.4, -0.2) is 61.0 Å². The molecule has 21 heavy (non-hydrogen) atoms. The number of morpholine rings is 1. The number of nitrogens with zero attached hydrogens (tertiary/aromatic N) is 1. The van der Waals surface area contributed by atoms with Crippen LogP contribution < -0.4 is 16.2 Å². The predicted octanol–water partition coefficient (Wildman–Crippen LogP) is -0.805. The zero-order chi connectivity index (χ0) is 15.2. The summed E-state index contributed by atoms with van der Waals surface area (Å²) in [4.78, 5) is 13.2. The van der Waals surface area contributed by atoms with E-state index in [0.29, 0.717) is 31.1 Å². The highest BCUT2D eigenvalue weighted by molar-refractivity contribution is 5.80. The smallest absolute Gasteiger partial charge is 0.237 e. The fourth-order valence-corrected chi connectivity index (χ4v) is 2.20. The number of benzene rings is 1. The number of primary amides is 1. The monoisotopic (exact) mass is 295 g/mol. The number of hydrogen-bond acceptors (Lipinski definition) is 6. The fraction of sp³-hybridized carbons (Fsp3) is 0.500. The molecule has 1 fully saturated rings. The third-order valence-electron chi connectivity index (χ3n) is 3.34. The van der Waals surface area contributed by atoms with E-state index in [4.69, 9.17) is 20.9 Å². The number of hydrogen-bond donors (Lipinski definition) is 3. The van der Waals surface area contributed by atoms with Crippen molar-refractivity contribution < 1.29 is 19.4 Å². The standard InChI is InChI=1S/C14H21N3O4/c15-10-1-3-12(4-2-10)21-8-11(18)7-17-5-6-20-9-13(17)14(16)19/h1-4,11,13,18H,5-9,15H2,(H2,16,19). The third kappa shape index (κ3) is 4.59. The minimum atomic E-state index is -0.720. The van der Waals surface area contributed by atoms with E-state index in [1.807, 2.05) is 4.90 Å². The van der Waals surface area contributed by atoms with Crippen molar-refractivity contribution in [1.29, 1.82) is 0 Å². The highest BCUT2D eigenvalue weighted by Crippen LogP contribution is 2.14. The van der Waals surface area contributed by atoms with E-state index in [9.17, 15) is 9.90 Å². The molecule has 1 amide bonds. The second kappa shape index (κ2) is 7.26. The van der Waals surface area contributed by atoms with Gasteiger partial charge >= 0.3 is 0 Å². The first-order valence-electron chi connectivity index (χ1n) is 6.84. The number of ether oxygens (including phenoxy) is 2. The molecule has 0 spiro atoms. The van der Waals surface area contributed by atoms with Crippen LogP contribution in [0.2, 0.25) is 0 Å². The predicted molar refractivity (Wildman–Crippen MR) is 77.7 cm³/mol. The molecule has 7 nitrogen and oxygen atoms in total. The normalized spacial score (nSPS) is 20.9. The lowest BCUT2D eigenvalue weighted by Gasteiger charge is -2.34. The van der Waals surface area contributed by atoms with E-state index in [1.165, 1.54) is 0 Å². The Labute approximate surface area is 123 Å². The first-order valence-corrected chi connectivity index (χ1v) is 6.84. The first kappa shape index (κ1) is 15.6. The van der Waals surface area contributed by atoms with Gasteiger partial charge in [-0.3, -0.25) is 9.69 Å². The van der Waals surface area contributed by atoms with Crippen molar-refractivity contribution in [3.8, 4) is 5.75 Å². The molecule has 2 rings (SSSR count). The van der Waals surface area contributed by atoms with Gasteiger partial charge in [0.05, 0.1) is 13.2 Å². The Bertz CT molecular complexity index is 466. The van der Waals surface area contributed by atoms with E-state index in [-0.39, 0.29) is 13.2 Å². The molecule has 5 N–H and O–H groups in total. The second-order valence-corrected chi connectivity index (χ2v) is 5.02. The average molecular weight is 295 g/mol. The lowest BCUT2D eigenvalue weighted by molar-refractivity contribution is -0.130. The molecule has 2 unspecified atom stereocenters. The van der Waals surface area contributed by atoms with E-state index < -0.39 is 18.1 Å². The Morgan fingerprint density at radius 3 is 2.86 bits per heavy atom. The molecule has 1 aliphatic rings. The van der Waals surface area contributed by atoms with Gasteiger partial charge in [-0.2, -0.15) is 0 Å². The van der Waals surface area contributed by atoms with Crippen molar-refractivity contribution >= 4 is 11.6 Å². The van der Waals surface area contributed by atoms with Crippen molar-refractivity contribution in [2.75, 3.05) is 38.6 Å². The summed E-state index contributed by atoms with van der Waals surface area (Å²) < 4.78 is 10.7. The Kier molecular flexibility index (Phi) is 5.38. The van der Waals surface area contributed by atoms with Crippen molar-refractivity contribution in [3.63, 3.8) is 0 Å². The van der Waals surface area contributed by atoms with E-state index in [1.54, 1.807) is 24.3 Å². The molecule has 7 heteroatoms.